The van der Waals surface area contributed by atoms with Crippen LogP contribution in [0.15, 0.2) is 5.16 Å². The van der Waals surface area contributed by atoms with Gasteiger partial charge in [0.15, 0.2) is 0 Å². The van der Waals surface area contributed by atoms with Gasteiger partial charge in [0.2, 0.25) is 11.1 Å². The maximum absolute atomic E-state index is 11.0. The van der Waals surface area contributed by atoms with Crippen molar-refractivity contribution in [2.24, 2.45) is 0 Å². The minimum Gasteiger partial charge on any atom is -0.368 e. The quantitative estimate of drug-likeness (QED) is 0.593. The minimum atomic E-state index is -0.389. The zero-order valence-corrected chi connectivity index (χ0v) is 7.55. The van der Waals surface area contributed by atoms with Crippen molar-refractivity contribution in [2.75, 3.05) is 19.0 Å². The first kappa shape index (κ1) is 8.85. The summed E-state index contributed by atoms with van der Waals surface area (Å²) in [5.74, 6) is 0.0960. The molecule has 6 nitrogen and oxygen atoms in total. The third-order valence-electron chi connectivity index (χ3n) is 1.20. The Morgan fingerprint density at radius 2 is 2.42 bits per heavy atom. The van der Waals surface area contributed by atoms with E-state index in [9.17, 15) is 4.79 Å². The number of hydrogen-bond acceptors (Lipinski definition) is 5. The maximum Gasteiger partial charge on any atom is 0.345 e. The molecule has 1 rings (SSSR count). The molecule has 1 amide bonds. The molecule has 1 aromatic rings. The fourth-order valence-electron chi connectivity index (χ4n) is 0.646. The highest BCUT2D eigenvalue weighted by atomic mass is 32.2. The first-order chi connectivity index (χ1) is 5.69. The molecular formula is C5H9N5OS. The number of nitrogens with one attached hydrogen (secondary N) is 1. The van der Waals surface area contributed by atoms with Gasteiger partial charge in [-0.1, -0.05) is 11.8 Å². The van der Waals surface area contributed by atoms with Crippen molar-refractivity contribution in [1.82, 2.24) is 20.1 Å². The van der Waals surface area contributed by atoms with E-state index in [4.69, 9.17) is 5.73 Å². The van der Waals surface area contributed by atoms with E-state index in [-0.39, 0.29) is 12.0 Å². The van der Waals surface area contributed by atoms with Gasteiger partial charge in [0.05, 0.1) is 0 Å². The Kier molecular flexibility index (Phi) is 2.54. The van der Waals surface area contributed by atoms with Crippen molar-refractivity contribution < 1.29 is 4.79 Å². The molecule has 0 atom stereocenters. The molecule has 0 aromatic carbocycles. The summed E-state index contributed by atoms with van der Waals surface area (Å²) in [7, 11) is 1.50. The summed E-state index contributed by atoms with van der Waals surface area (Å²) in [4.78, 5) is 14.9. The Morgan fingerprint density at radius 1 is 1.75 bits per heavy atom. The second-order valence-electron chi connectivity index (χ2n) is 1.92. The van der Waals surface area contributed by atoms with Crippen LogP contribution < -0.4 is 11.1 Å². The predicted octanol–water partition coefficient (Wildman–Crippen LogP) is -0.230. The van der Waals surface area contributed by atoms with Crippen molar-refractivity contribution in [3.05, 3.63) is 0 Å². The Labute approximate surface area is 73.5 Å². The van der Waals surface area contributed by atoms with Gasteiger partial charge in [-0.05, 0) is 6.26 Å². The molecule has 0 bridgehead atoms. The predicted molar refractivity (Wildman–Crippen MR) is 46.1 cm³/mol. The fraction of sp³-hybridized carbons (Fsp3) is 0.400. The van der Waals surface area contributed by atoms with Crippen LogP contribution in [0.3, 0.4) is 0 Å². The molecule has 0 saturated heterocycles. The van der Waals surface area contributed by atoms with E-state index in [1.54, 1.807) is 0 Å². The summed E-state index contributed by atoms with van der Waals surface area (Å²) in [6.45, 7) is 0. The summed E-state index contributed by atoms with van der Waals surface area (Å²) >= 11 is 1.33. The van der Waals surface area contributed by atoms with Crippen molar-refractivity contribution in [3.8, 4) is 0 Å². The van der Waals surface area contributed by atoms with Crippen LogP contribution in [0, 0.1) is 0 Å². The molecule has 0 radical (unpaired) electrons. The monoisotopic (exact) mass is 187 g/mol. The third kappa shape index (κ3) is 1.50. The van der Waals surface area contributed by atoms with Crippen molar-refractivity contribution in [3.63, 3.8) is 0 Å². The summed E-state index contributed by atoms with van der Waals surface area (Å²) < 4.78 is 1.02. The number of aromatic nitrogens is 3. The second kappa shape index (κ2) is 3.44. The van der Waals surface area contributed by atoms with Crippen LogP contribution in [0.4, 0.5) is 10.7 Å². The molecule has 3 N–H and O–H groups in total. The molecule has 1 aromatic heterocycles. The van der Waals surface area contributed by atoms with Crippen molar-refractivity contribution in [2.45, 2.75) is 5.16 Å². The highest BCUT2D eigenvalue weighted by Crippen LogP contribution is 2.10. The van der Waals surface area contributed by atoms with Crippen LogP contribution in [0.5, 0.6) is 0 Å². The molecule has 12 heavy (non-hydrogen) atoms. The fourth-order valence-corrected chi connectivity index (χ4v) is 0.994. The van der Waals surface area contributed by atoms with E-state index in [2.05, 4.69) is 15.4 Å². The number of nitrogens with two attached hydrogens (primary N) is 1. The van der Waals surface area contributed by atoms with E-state index in [0.717, 1.165) is 4.68 Å². The Hall–Kier alpha value is -1.24. The Bertz CT molecular complexity index is 296. The number of rotatable bonds is 1. The molecule has 0 spiro atoms. The zero-order chi connectivity index (χ0) is 9.14. The number of hydrogen-bond donors (Lipinski definition) is 2. The average Bonchev–Trinajstić information content (AvgIpc) is 2.45. The van der Waals surface area contributed by atoms with Crippen molar-refractivity contribution >= 4 is 23.7 Å². The van der Waals surface area contributed by atoms with Crippen molar-refractivity contribution in [1.29, 1.82) is 0 Å². The van der Waals surface area contributed by atoms with Crippen LogP contribution in [0.1, 0.15) is 0 Å². The number of anilines is 1. The summed E-state index contributed by atoms with van der Waals surface area (Å²) in [6, 6.07) is -0.389. The first-order valence-corrected chi connectivity index (χ1v) is 4.40. The summed E-state index contributed by atoms with van der Waals surface area (Å²) in [5, 5.41) is 6.70. The van der Waals surface area contributed by atoms with Gasteiger partial charge in [0.1, 0.15) is 0 Å². The summed E-state index contributed by atoms with van der Waals surface area (Å²) in [6.07, 6.45) is 1.81. The SMILES string of the molecule is CNC(=O)n1nc(SC)nc1N. The highest BCUT2D eigenvalue weighted by Gasteiger charge is 2.10. The van der Waals surface area contributed by atoms with Gasteiger partial charge < -0.3 is 11.1 Å². The number of amides is 1. The van der Waals surface area contributed by atoms with Gasteiger partial charge >= 0.3 is 6.03 Å². The van der Waals surface area contributed by atoms with Crippen LogP contribution >= 0.6 is 11.8 Å². The molecule has 0 unspecified atom stereocenters. The molecule has 0 saturated carbocycles. The van der Waals surface area contributed by atoms with E-state index in [1.165, 1.54) is 18.8 Å². The van der Waals surface area contributed by atoms with E-state index >= 15 is 0 Å². The van der Waals surface area contributed by atoms with E-state index in [1.807, 2.05) is 6.26 Å². The lowest BCUT2D eigenvalue weighted by molar-refractivity contribution is 0.242. The Balaban J connectivity index is 2.99. The number of thioether (sulfide) groups is 1. The molecule has 7 heteroatoms. The van der Waals surface area contributed by atoms with E-state index in [0.29, 0.717) is 5.16 Å². The second-order valence-corrected chi connectivity index (χ2v) is 2.70. The number of carbonyl (C=O) groups excluding carboxylic acids is 1. The van der Waals surface area contributed by atoms with Crippen LogP contribution in [0.2, 0.25) is 0 Å². The molecule has 0 fully saturated rings. The van der Waals surface area contributed by atoms with Gasteiger partial charge in [-0.3, -0.25) is 0 Å². The minimum absolute atomic E-state index is 0.0960. The molecule has 0 aliphatic rings. The topological polar surface area (TPSA) is 85.8 Å². The Morgan fingerprint density at radius 3 is 2.83 bits per heavy atom. The van der Waals surface area contributed by atoms with Crippen LogP contribution in [-0.4, -0.2) is 34.1 Å². The summed E-state index contributed by atoms with van der Waals surface area (Å²) in [5.41, 5.74) is 5.41. The number of nitrogens with zero attached hydrogens (tertiary/aromatic N) is 3. The lowest BCUT2D eigenvalue weighted by atomic mass is 10.9. The lowest BCUT2D eigenvalue weighted by Gasteiger charge is -1.97. The number of carbonyl (C=O) groups is 1. The largest absolute Gasteiger partial charge is 0.368 e. The molecule has 0 aliphatic carbocycles. The maximum atomic E-state index is 11.0. The van der Waals surface area contributed by atoms with Crippen LogP contribution in [0.25, 0.3) is 0 Å². The van der Waals surface area contributed by atoms with E-state index < -0.39 is 0 Å². The van der Waals surface area contributed by atoms with Gasteiger partial charge in [0.25, 0.3) is 0 Å². The molecule has 0 aliphatic heterocycles. The first-order valence-electron chi connectivity index (χ1n) is 3.17. The average molecular weight is 187 g/mol. The third-order valence-corrected chi connectivity index (χ3v) is 1.74. The zero-order valence-electron chi connectivity index (χ0n) is 6.74. The smallest absolute Gasteiger partial charge is 0.345 e. The van der Waals surface area contributed by atoms with Gasteiger partial charge in [0, 0.05) is 7.05 Å². The standard InChI is InChI=1S/C5H9N5OS/c1-7-5(11)10-3(6)8-4(9-10)12-2/h1-2H3,(H,7,11)(H2,6,8,9). The lowest BCUT2D eigenvalue weighted by Crippen LogP contribution is -2.26. The van der Waals surface area contributed by atoms with Crippen LogP contribution in [-0.2, 0) is 0 Å². The van der Waals surface area contributed by atoms with Gasteiger partial charge in [-0.15, -0.1) is 9.78 Å². The van der Waals surface area contributed by atoms with Gasteiger partial charge in [-0.2, -0.15) is 4.98 Å². The normalized spacial score (nSPS) is 9.83. The molecular weight excluding hydrogens is 178 g/mol. The van der Waals surface area contributed by atoms with Gasteiger partial charge in [-0.25, -0.2) is 4.79 Å². The highest BCUT2D eigenvalue weighted by molar-refractivity contribution is 7.98. The number of nitrogen functional groups attached to an aromatic ring is 1. The molecule has 66 valence electrons. The molecule has 1 heterocycles.